The van der Waals surface area contributed by atoms with Crippen LogP contribution in [0, 0.1) is 11.8 Å². The molecular formula is C19H18N2O4S. The van der Waals surface area contributed by atoms with Crippen LogP contribution in [0.15, 0.2) is 53.4 Å². The molecular weight excluding hydrogens is 352 g/mol. The van der Waals surface area contributed by atoms with E-state index in [-0.39, 0.29) is 23.1 Å². The van der Waals surface area contributed by atoms with Crippen LogP contribution >= 0.6 is 0 Å². The van der Waals surface area contributed by atoms with Crippen molar-refractivity contribution in [3.8, 4) is 11.8 Å². The van der Waals surface area contributed by atoms with Gasteiger partial charge in [0.2, 0.25) is 15.9 Å². The highest BCUT2D eigenvalue weighted by Crippen LogP contribution is 2.13. The Kier molecular flexibility index (Phi) is 6.28. The molecule has 2 aromatic rings. The predicted molar refractivity (Wildman–Crippen MR) is 99.3 cm³/mol. The van der Waals surface area contributed by atoms with Gasteiger partial charge >= 0.3 is 0 Å². The third-order valence-electron chi connectivity index (χ3n) is 3.36. The van der Waals surface area contributed by atoms with E-state index < -0.39 is 10.0 Å². The highest BCUT2D eigenvalue weighted by molar-refractivity contribution is 7.89. The van der Waals surface area contributed by atoms with E-state index in [0.29, 0.717) is 16.8 Å². The summed E-state index contributed by atoms with van der Waals surface area (Å²) in [6, 6.07) is 12.6. The molecule has 2 rings (SSSR count). The second kappa shape index (κ2) is 8.43. The summed E-state index contributed by atoms with van der Waals surface area (Å²) in [6.07, 6.45) is 0. The van der Waals surface area contributed by atoms with E-state index in [1.165, 1.54) is 38.1 Å². The molecule has 6 nitrogen and oxygen atoms in total. The molecule has 0 aliphatic heterocycles. The number of amides is 1. The minimum absolute atomic E-state index is 0.0261. The van der Waals surface area contributed by atoms with Crippen molar-refractivity contribution in [2.75, 3.05) is 11.9 Å². The molecule has 2 aromatic carbocycles. The van der Waals surface area contributed by atoms with E-state index in [9.17, 15) is 18.0 Å². The Morgan fingerprint density at radius 1 is 0.962 bits per heavy atom. The fraction of sp³-hybridized carbons (Fsp3) is 0.158. The van der Waals surface area contributed by atoms with E-state index in [4.69, 9.17) is 0 Å². The lowest BCUT2D eigenvalue weighted by Gasteiger charge is -2.06. The number of carbonyl (C=O) groups is 2. The van der Waals surface area contributed by atoms with E-state index in [2.05, 4.69) is 21.9 Å². The number of rotatable bonds is 5. The van der Waals surface area contributed by atoms with E-state index >= 15 is 0 Å². The van der Waals surface area contributed by atoms with E-state index in [0.717, 1.165) is 0 Å². The highest BCUT2D eigenvalue weighted by atomic mass is 32.2. The molecule has 0 bridgehead atoms. The Morgan fingerprint density at radius 3 is 2.12 bits per heavy atom. The normalized spacial score (nSPS) is 10.5. The van der Waals surface area contributed by atoms with Crippen LogP contribution in [0.4, 0.5) is 5.69 Å². The molecule has 26 heavy (non-hydrogen) atoms. The first-order chi connectivity index (χ1) is 12.3. The van der Waals surface area contributed by atoms with Crippen LogP contribution in [0.2, 0.25) is 0 Å². The molecule has 134 valence electrons. The topological polar surface area (TPSA) is 92.3 Å². The predicted octanol–water partition coefficient (Wildman–Crippen LogP) is 2.18. The summed E-state index contributed by atoms with van der Waals surface area (Å²) in [5, 5.41) is 2.57. The van der Waals surface area contributed by atoms with Crippen molar-refractivity contribution in [3.05, 3.63) is 59.7 Å². The number of anilines is 1. The molecule has 0 unspecified atom stereocenters. The zero-order chi connectivity index (χ0) is 19.2. The highest BCUT2D eigenvalue weighted by Gasteiger charge is 2.12. The van der Waals surface area contributed by atoms with Gasteiger partial charge in [-0.15, -0.1) is 0 Å². The van der Waals surface area contributed by atoms with Gasteiger partial charge < -0.3 is 5.32 Å². The Labute approximate surface area is 152 Å². The Hall–Kier alpha value is -2.95. The maximum absolute atomic E-state index is 12.2. The van der Waals surface area contributed by atoms with Crippen LogP contribution in [0.3, 0.4) is 0 Å². The molecule has 0 spiro atoms. The molecule has 0 aliphatic rings. The zero-order valence-electron chi connectivity index (χ0n) is 14.4. The fourth-order valence-corrected chi connectivity index (χ4v) is 2.99. The molecule has 7 heteroatoms. The summed E-state index contributed by atoms with van der Waals surface area (Å²) in [5.41, 5.74) is 1.80. The average Bonchev–Trinajstić information content (AvgIpc) is 2.59. The summed E-state index contributed by atoms with van der Waals surface area (Å²) in [7, 11) is -3.69. The third-order valence-corrected chi connectivity index (χ3v) is 4.78. The Bertz CT molecular complexity index is 967. The molecule has 0 aromatic heterocycles. The van der Waals surface area contributed by atoms with Gasteiger partial charge in [-0.2, -0.15) is 4.72 Å². The fourth-order valence-electron chi connectivity index (χ4n) is 2.07. The van der Waals surface area contributed by atoms with Gasteiger partial charge in [-0.3, -0.25) is 9.59 Å². The van der Waals surface area contributed by atoms with Gasteiger partial charge in [0.05, 0.1) is 11.4 Å². The lowest BCUT2D eigenvalue weighted by Crippen LogP contribution is -2.24. The van der Waals surface area contributed by atoms with E-state index in [1.807, 2.05) is 0 Å². The first-order valence-corrected chi connectivity index (χ1v) is 9.23. The lowest BCUT2D eigenvalue weighted by molar-refractivity contribution is -0.114. The molecule has 0 atom stereocenters. The van der Waals surface area contributed by atoms with Crippen molar-refractivity contribution < 1.29 is 18.0 Å². The van der Waals surface area contributed by atoms with Gasteiger partial charge in [-0.1, -0.05) is 24.0 Å². The van der Waals surface area contributed by atoms with Gasteiger partial charge in [0.15, 0.2) is 5.78 Å². The van der Waals surface area contributed by atoms with Crippen LogP contribution < -0.4 is 10.0 Å². The van der Waals surface area contributed by atoms with Crippen LogP contribution in [0.25, 0.3) is 0 Å². The molecule has 0 saturated carbocycles. The monoisotopic (exact) mass is 370 g/mol. The molecule has 0 saturated heterocycles. The maximum atomic E-state index is 12.2. The van der Waals surface area contributed by atoms with Crippen molar-refractivity contribution in [1.82, 2.24) is 4.72 Å². The minimum atomic E-state index is -3.69. The number of sulfonamides is 1. The maximum Gasteiger partial charge on any atom is 0.241 e. The Balaban J connectivity index is 1.98. The summed E-state index contributed by atoms with van der Waals surface area (Å²) in [5.74, 6) is 5.30. The zero-order valence-corrected chi connectivity index (χ0v) is 15.2. The number of ketones is 1. The summed E-state index contributed by atoms with van der Waals surface area (Å²) in [6.45, 7) is 2.81. The second-order valence-corrected chi connectivity index (χ2v) is 7.23. The second-order valence-electron chi connectivity index (χ2n) is 5.47. The van der Waals surface area contributed by atoms with Crippen molar-refractivity contribution >= 4 is 27.4 Å². The average molecular weight is 370 g/mol. The van der Waals surface area contributed by atoms with Gasteiger partial charge in [0.1, 0.15) is 0 Å². The van der Waals surface area contributed by atoms with Gasteiger partial charge in [0.25, 0.3) is 0 Å². The molecule has 0 aliphatic carbocycles. The third kappa shape index (κ3) is 5.55. The SMILES string of the molecule is CC(=O)Nc1ccc(S(=O)(=O)NCC#Cc2ccc(C(C)=O)cc2)cc1. The molecule has 0 heterocycles. The van der Waals surface area contributed by atoms with Gasteiger partial charge in [0, 0.05) is 23.7 Å². The number of Topliss-reactive ketones (excluding diaryl/α,β-unsaturated/α-hetero) is 1. The van der Waals surface area contributed by atoms with Crippen molar-refractivity contribution in [2.45, 2.75) is 18.7 Å². The van der Waals surface area contributed by atoms with Gasteiger partial charge in [-0.05, 0) is 43.3 Å². The minimum Gasteiger partial charge on any atom is -0.326 e. The molecule has 0 fully saturated rings. The summed E-state index contributed by atoms with van der Waals surface area (Å²) < 4.78 is 26.8. The number of carbonyl (C=O) groups excluding carboxylic acids is 2. The van der Waals surface area contributed by atoms with Crippen LogP contribution in [-0.4, -0.2) is 26.7 Å². The quantitative estimate of drug-likeness (QED) is 0.623. The molecule has 0 radical (unpaired) electrons. The summed E-state index contributed by atoms with van der Waals surface area (Å²) >= 11 is 0. The van der Waals surface area contributed by atoms with Crippen LogP contribution in [0.5, 0.6) is 0 Å². The van der Waals surface area contributed by atoms with Crippen LogP contribution in [0.1, 0.15) is 29.8 Å². The number of benzene rings is 2. The van der Waals surface area contributed by atoms with E-state index in [1.54, 1.807) is 24.3 Å². The number of nitrogens with one attached hydrogen (secondary N) is 2. The molecule has 2 N–H and O–H groups in total. The van der Waals surface area contributed by atoms with Crippen molar-refractivity contribution in [3.63, 3.8) is 0 Å². The summed E-state index contributed by atoms with van der Waals surface area (Å²) in [4.78, 5) is 22.2. The Morgan fingerprint density at radius 2 is 1.58 bits per heavy atom. The van der Waals surface area contributed by atoms with Crippen molar-refractivity contribution in [2.24, 2.45) is 0 Å². The lowest BCUT2D eigenvalue weighted by atomic mass is 10.1. The molecule has 1 amide bonds. The standard InChI is InChI=1S/C19H18N2O4S/c1-14(22)17-7-5-16(6-8-17)4-3-13-20-26(24,25)19-11-9-18(10-12-19)21-15(2)23/h5-12,20H,13H2,1-2H3,(H,21,23). The van der Waals surface area contributed by atoms with Gasteiger partial charge in [-0.25, -0.2) is 8.42 Å². The smallest absolute Gasteiger partial charge is 0.241 e. The number of hydrogen-bond donors (Lipinski definition) is 2. The van der Waals surface area contributed by atoms with Crippen molar-refractivity contribution in [1.29, 1.82) is 0 Å². The first kappa shape index (κ1) is 19.4. The first-order valence-electron chi connectivity index (χ1n) is 7.75. The number of hydrogen-bond acceptors (Lipinski definition) is 4. The van der Waals surface area contributed by atoms with Crippen LogP contribution in [-0.2, 0) is 14.8 Å². The largest absolute Gasteiger partial charge is 0.326 e.